The predicted molar refractivity (Wildman–Crippen MR) is 110 cm³/mol. The quantitative estimate of drug-likeness (QED) is 0.586. The monoisotopic (exact) mass is 399 g/mol. The van der Waals surface area contributed by atoms with Gasteiger partial charge in [-0.15, -0.1) is 5.10 Å². The Morgan fingerprint density at radius 3 is 2.61 bits per heavy atom. The Hall–Kier alpha value is -2.68. The van der Waals surface area contributed by atoms with E-state index in [2.05, 4.69) is 45.0 Å². The number of amides is 1. The summed E-state index contributed by atoms with van der Waals surface area (Å²) in [6, 6.07) is 8.21. The molecule has 0 atom stereocenters. The van der Waals surface area contributed by atoms with Gasteiger partial charge in [-0.2, -0.15) is 9.78 Å². The van der Waals surface area contributed by atoms with Crippen LogP contribution in [0.25, 0.3) is 5.69 Å². The third-order valence-corrected chi connectivity index (χ3v) is 5.47. The van der Waals surface area contributed by atoms with Crippen molar-refractivity contribution in [3.05, 3.63) is 41.2 Å². The third-order valence-electron chi connectivity index (χ3n) is 4.55. The molecule has 0 saturated heterocycles. The fourth-order valence-electron chi connectivity index (χ4n) is 2.88. The average Bonchev–Trinajstić information content (AvgIpc) is 3.25. The molecule has 8 nitrogen and oxygen atoms in total. The molecule has 0 radical (unpaired) electrons. The number of carbonyl (C=O) groups excluding carboxylic acids is 1. The van der Waals surface area contributed by atoms with Crippen LogP contribution < -0.4 is 5.32 Å². The maximum atomic E-state index is 12.4. The van der Waals surface area contributed by atoms with Crippen LogP contribution in [0.15, 0.2) is 29.4 Å². The first-order chi connectivity index (χ1) is 13.5. The summed E-state index contributed by atoms with van der Waals surface area (Å²) in [5.74, 6) is 0.0941. The Labute approximate surface area is 168 Å². The molecule has 3 aromatic rings. The van der Waals surface area contributed by atoms with Gasteiger partial charge < -0.3 is 5.32 Å². The van der Waals surface area contributed by atoms with Gasteiger partial charge in [-0.1, -0.05) is 37.2 Å². The average molecular weight is 400 g/mol. The summed E-state index contributed by atoms with van der Waals surface area (Å²) >= 11 is 1.30. The highest BCUT2D eigenvalue weighted by molar-refractivity contribution is 7.99. The number of thioether (sulfide) groups is 1. The van der Waals surface area contributed by atoms with Crippen LogP contribution in [0.2, 0.25) is 0 Å². The highest BCUT2D eigenvalue weighted by Gasteiger charge is 2.15. The van der Waals surface area contributed by atoms with Crippen LogP contribution in [0.4, 0.5) is 5.69 Å². The van der Waals surface area contributed by atoms with E-state index in [1.165, 1.54) is 30.2 Å². The lowest BCUT2D eigenvalue weighted by molar-refractivity contribution is -0.113. The molecule has 1 amide bonds. The van der Waals surface area contributed by atoms with E-state index in [1.807, 2.05) is 33.0 Å². The normalized spacial score (nSPS) is 11.0. The predicted octanol–water partition coefficient (Wildman–Crippen LogP) is 3.09. The van der Waals surface area contributed by atoms with E-state index in [1.54, 1.807) is 9.36 Å². The van der Waals surface area contributed by atoms with Crippen molar-refractivity contribution in [3.8, 4) is 5.69 Å². The number of carbonyl (C=O) groups is 1. The number of nitrogens with zero attached hydrogens (tertiary/aromatic N) is 6. The molecule has 0 unspecified atom stereocenters. The maximum absolute atomic E-state index is 12.4. The third kappa shape index (κ3) is 4.59. The summed E-state index contributed by atoms with van der Waals surface area (Å²) in [7, 11) is 1.86. The van der Waals surface area contributed by atoms with Crippen molar-refractivity contribution in [3.63, 3.8) is 0 Å². The van der Waals surface area contributed by atoms with Gasteiger partial charge in [0.05, 0.1) is 28.5 Å². The van der Waals surface area contributed by atoms with E-state index in [-0.39, 0.29) is 11.7 Å². The molecule has 0 aliphatic rings. The molecular formula is C19H25N7OS. The molecule has 2 heterocycles. The summed E-state index contributed by atoms with van der Waals surface area (Å²) in [6.07, 6.45) is 3.42. The first-order valence-corrected chi connectivity index (χ1v) is 10.3. The maximum Gasteiger partial charge on any atom is 0.234 e. The highest BCUT2D eigenvalue weighted by Crippen LogP contribution is 2.21. The molecule has 0 aliphatic heterocycles. The molecule has 2 aromatic heterocycles. The van der Waals surface area contributed by atoms with Gasteiger partial charge in [0.1, 0.15) is 0 Å². The molecule has 28 heavy (non-hydrogen) atoms. The van der Waals surface area contributed by atoms with E-state index in [9.17, 15) is 4.79 Å². The van der Waals surface area contributed by atoms with E-state index >= 15 is 0 Å². The zero-order valence-corrected chi connectivity index (χ0v) is 17.5. The molecule has 0 saturated carbocycles. The van der Waals surface area contributed by atoms with Gasteiger partial charge in [0.25, 0.3) is 0 Å². The van der Waals surface area contributed by atoms with Gasteiger partial charge >= 0.3 is 0 Å². The second-order valence-electron chi connectivity index (χ2n) is 6.65. The summed E-state index contributed by atoms with van der Waals surface area (Å²) < 4.78 is 3.41. The van der Waals surface area contributed by atoms with Crippen LogP contribution in [0.3, 0.4) is 0 Å². The van der Waals surface area contributed by atoms with Gasteiger partial charge in [0, 0.05) is 7.05 Å². The van der Waals surface area contributed by atoms with Crippen molar-refractivity contribution in [1.82, 2.24) is 30.0 Å². The molecule has 148 valence electrons. The molecular weight excluding hydrogens is 374 g/mol. The smallest absolute Gasteiger partial charge is 0.234 e. The summed E-state index contributed by atoms with van der Waals surface area (Å²) in [5.41, 5.74) is 4.66. The first kappa shape index (κ1) is 20.1. The number of anilines is 1. The number of unbranched alkanes of at least 4 members (excludes halogenated alkanes) is 1. The SMILES string of the molecule is CCCCc1ccc(-n2nnnc2SCC(=O)Nc2c(C)nn(C)c2C)cc1. The Balaban J connectivity index is 1.63. The molecule has 1 aromatic carbocycles. The number of hydrogen-bond donors (Lipinski definition) is 1. The summed E-state index contributed by atoms with van der Waals surface area (Å²) in [4.78, 5) is 12.4. The number of aryl methyl sites for hydroxylation is 3. The van der Waals surface area contributed by atoms with Crippen molar-refractivity contribution in [2.45, 2.75) is 45.2 Å². The van der Waals surface area contributed by atoms with E-state index in [4.69, 9.17) is 0 Å². The first-order valence-electron chi connectivity index (χ1n) is 9.30. The van der Waals surface area contributed by atoms with Crippen molar-refractivity contribution in [2.24, 2.45) is 7.05 Å². The number of rotatable bonds is 8. The van der Waals surface area contributed by atoms with Gasteiger partial charge in [0.15, 0.2) is 0 Å². The molecule has 9 heteroatoms. The Kier molecular flexibility index (Phi) is 6.45. The fraction of sp³-hybridized carbons (Fsp3) is 0.421. The van der Waals surface area contributed by atoms with E-state index < -0.39 is 0 Å². The number of aromatic nitrogens is 6. The summed E-state index contributed by atoms with van der Waals surface area (Å²) in [5, 5.41) is 19.7. The minimum Gasteiger partial charge on any atom is -0.322 e. The molecule has 0 aliphatic carbocycles. The van der Waals surface area contributed by atoms with Gasteiger partial charge in [-0.3, -0.25) is 9.48 Å². The number of hydrogen-bond acceptors (Lipinski definition) is 6. The lowest BCUT2D eigenvalue weighted by Crippen LogP contribution is -2.15. The molecule has 1 N–H and O–H groups in total. The topological polar surface area (TPSA) is 90.5 Å². The van der Waals surface area contributed by atoms with Gasteiger partial charge in [0.2, 0.25) is 11.1 Å². The minimum absolute atomic E-state index is 0.117. The lowest BCUT2D eigenvalue weighted by Gasteiger charge is -2.07. The van der Waals surface area contributed by atoms with Gasteiger partial charge in [-0.25, -0.2) is 0 Å². The zero-order valence-electron chi connectivity index (χ0n) is 16.6. The van der Waals surface area contributed by atoms with Crippen molar-refractivity contribution in [1.29, 1.82) is 0 Å². The van der Waals surface area contributed by atoms with Gasteiger partial charge in [-0.05, 0) is 54.8 Å². The summed E-state index contributed by atoms with van der Waals surface area (Å²) in [6.45, 7) is 5.99. The molecule has 0 fully saturated rings. The number of nitrogens with one attached hydrogen (secondary N) is 1. The van der Waals surface area contributed by atoms with E-state index in [0.717, 1.165) is 29.2 Å². The number of tetrazole rings is 1. The van der Waals surface area contributed by atoms with Crippen LogP contribution in [0, 0.1) is 13.8 Å². The Morgan fingerprint density at radius 1 is 1.21 bits per heavy atom. The molecule has 0 bridgehead atoms. The largest absolute Gasteiger partial charge is 0.322 e. The molecule has 3 rings (SSSR count). The second kappa shape index (κ2) is 9.01. The van der Waals surface area contributed by atoms with E-state index in [0.29, 0.717) is 5.16 Å². The van der Waals surface area contributed by atoms with Crippen molar-refractivity contribution >= 4 is 23.4 Å². The Morgan fingerprint density at radius 2 is 1.96 bits per heavy atom. The fourth-order valence-corrected chi connectivity index (χ4v) is 3.57. The van der Waals surface area contributed by atoms with Crippen LogP contribution in [0.5, 0.6) is 0 Å². The standard InChI is InChI=1S/C19H25N7OS/c1-5-6-7-15-8-10-16(11-9-15)26-19(21-23-24-26)28-12-17(27)20-18-13(2)22-25(4)14(18)3/h8-11H,5-7,12H2,1-4H3,(H,20,27). The van der Waals surface area contributed by atoms with Crippen LogP contribution in [0.1, 0.15) is 36.7 Å². The van der Waals surface area contributed by atoms with Crippen molar-refractivity contribution in [2.75, 3.05) is 11.1 Å². The lowest BCUT2D eigenvalue weighted by atomic mass is 10.1. The minimum atomic E-state index is -0.117. The molecule has 0 spiro atoms. The second-order valence-corrected chi connectivity index (χ2v) is 7.59. The van der Waals surface area contributed by atoms with Crippen LogP contribution in [-0.2, 0) is 18.3 Å². The van der Waals surface area contributed by atoms with Crippen molar-refractivity contribution < 1.29 is 4.79 Å². The zero-order chi connectivity index (χ0) is 20.1. The van der Waals surface area contributed by atoms with Crippen LogP contribution >= 0.6 is 11.8 Å². The highest BCUT2D eigenvalue weighted by atomic mass is 32.2. The van der Waals surface area contributed by atoms with Crippen LogP contribution in [-0.4, -0.2) is 41.6 Å². The Bertz CT molecular complexity index is 946. The number of benzene rings is 1.